The first kappa shape index (κ1) is 16.4. The van der Waals surface area contributed by atoms with Crippen molar-refractivity contribution in [2.45, 2.75) is 49.7 Å². The van der Waals surface area contributed by atoms with Crippen LogP contribution in [0.3, 0.4) is 0 Å². The molecule has 1 fully saturated rings. The van der Waals surface area contributed by atoms with Crippen LogP contribution in [-0.4, -0.2) is 55.3 Å². The highest BCUT2D eigenvalue weighted by molar-refractivity contribution is 7.89. The number of nitrogens with one attached hydrogen (secondary N) is 1. The average Bonchev–Trinajstić information content (AvgIpc) is 2.90. The van der Waals surface area contributed by atoms with E-state index in [1.807, 2.05) is 0 Å². The Balaban J connectivity index is 1.99. The van der Waals surface area contributed by atoms with Gasteiger partial charge in [-0.2, -0.15) is 5.10 Å². The van der Waals surface area contributed by atoms with Gasteiger partial charge in [0.1, 0.15) is 4.90 Å². The Bertz CT molecular complexity index is 557. The summed E-state index contributed by atoms with van der Waals surface area (Å²) in [5, 5.41) is 4.07. The number of aryl methyl sites for hydroxylation is 1. The number of piperidine rings is 1. The first-order valence-corrected chi connectivity index (χ1v) is 8.86. The van der Waals surface area contributed by atoms with E-state index in [1.165, 1.54) is 6.20 Å². The normalized spacial score (nSPS) is 24.3. The third-order valence-electron chi connectivity index (χ3n) is 4.04. The smallest absolute Gasteiger partial charge is 0.243 e. The molecule has 0 aromatic carbocycles. The summed E-state index contributed by atoms with van der Waals surface area (Å²) in [7, 11) is -1.42. The summed E-state index contributed by atoms with van der Waals surface area (Å²) in [6.45, 7) is 4.22. The van der Waals surface area contributed by atoms with Crippen molar-refractivity contribution >= 4 is 10.0 Å². The highest BCUT2D eigenvalue weighted by Gasteiger charge is 2.27. The largest absolute Gasteiger partial charge is 0.330 e. The van der Waals surface area contributed by atoms with E-state index in [2.05, 4.69) is 28.7 Å². The quantitative estimate of drug-likeness (QED) is 0.770. The molecule has 0 amide bonds. The van der Waals surface area contributed by atoms with Crippen LogP contribution in [0.4, 0.5) is 0 Å². The summed E-state index contributed by atoms with van der Waals surface area (Å²) in [6, 6.07) is 0.382. The van der Waals surface area contributed by atoms with Gasteiger partial charge in [0.25, 0.3) is 0 Å². The third-order valence-corrected chi connectivity index (χ3v) is 5.52. The predicted octanol–water partition coefficient (Wildman–Crippen LogP) is -0.00710. The zero-order valence-electron chi connectivity index (χ0n) is 12.7. The molecule has 2 heterocycles. The molecule has 21 heavy (non-hydrogen) atoms. The Morgan fingerprint density at radius 3 is 2.95 bits per heavy atom. The summed E-state index contributed by atoms with van der Waals surface area (Å²) in [6.07, 6.45) is 5.41. The number of likely N-dealkylation sites (tertiary alicyclic amines) is 1. The second-order valence-corrected chi connectivity index (χ2v) is 7.47. The molecule has 0 spiro atoms. The lowest BCUT2D eigenvalue weighted by Crippen LogP contribution is -2.47. The minimum atomic E-state index is -3.49. The Kier molecular flexibility index (Phi) is 5.37. The van der Waals surface area contributed by atoms with Crippen LogP contribution in [0.2, 0.25) is 0 Å². The fourth-order valence-electron chi connectivity index (χ4n) is 2.54. The standard InChI is InChI=1S/C13H25N5O2S/c1-11-8-12(4-7-17(11)2)16-21(19,20)13-9-15-18(10-13)6-3-5-14/h9-12,16H,3-8,14H2,1-2H3. The third kappa shape index (κ3) is 4.26. The van der Waals surface area contributed by atoms with Gasteiger partial charge in [0.15, 0.2) is 0 Å². The van der Waals surface area contributed by atoms with Crippen LogP contribution in [-0.2, 0) is 16.6 Å². The minimum absolute atomic E-state index is 0.00593. The fraction of sp³-hybridized carbons (Fsp3) is 0.769. The molecule has 0 aliphatic carbocycles. The first-order valence-electron chi connectivity index (χ1n) is 7.37. The van der Waals surface area contributed by atoms with Crippen molar-refractivity contribution in [3.63, 3.8) is 0 Å². The lowest BCUT2D eigenvalue weighted by Gasteiger charge is -2.35. The Hall–Kier alpha value is -0.960. The molecule has 1 aliphatic rings. The molecule has 1 aromatic heterocycles. The van der Waals surface area contributed by atoms with Crippen LogP contribution in [0.1, 0.15) is 26.2 Å². The van der Waals surface area contributed by atoms with E-state index in [0.29, 0.717) is 19.1 Å². The predicted molar refractivity (Wildman–Crippen MR) is 81.3 cm³/mol. The summed E-state index contributed by atoms with van der Waals surface area (Å²) in [5.41, 5.74) is 5.44. The van der Waals surface area contributed by atoms with Gasteiger partial charge >= 0.3 is 0 Å². The van der Waals surface area contributed by atoms with Gasteiger partial charge in [0.2, 0.25) is 10.0 Å². The van der Waals surface area contributed by atoms with E-state index >= 15 is 0 Å². The summed E-state index contributed by atoms with van der Waals surface area (Å²) >= 11 is 0. The average molecular weight is 315 g/mol. The molecular weight excluding hydrogens is 290 g/mol. The van der Waals surface area contributed by atoms with Gasteiger partial charge in [-0.25, -0.2) is 13.1 Å². The van der Waals surface area contributed by atoms with Gasteiger partial charge < -0.3 is 10.6 Å². The van der Waals surface area contributed by atoms with Crippen molar-refractivity contribution in [2.75, 3.05) is 20.1 Å². The Labute approximate surface area is 126 Å². The summed E-state index contributed by atoms with van der Waals surface area (Å²) in [4.78, 5) is 2.47. The molecule has 8 heteroatoms. The van der Waals surface area contributed by atoms with E-state index in [4.69, 9.17) is 5.73 Å². The molecule has 1 saturated heterocycles. The molecule has 2 unspecified atom stereocenters. The second-order valence-electron chi connectivity index (χ2n) is 5.75. The SMILES string of the molecule is CC1CC(NS(=O)(=O)c2cnn(CCCN)c2)CCN1C. The van der Waals surface area contributed by atoms with Crippen LogP contribution in [0.5, 0.6) is 0 Å². The maximum Gasteiger partial charge on any atom is 0.243 e. The van der Waals surface area contributed by atoms with Crippen LogP contribution in [0.15, 0.2) is 17.3 Å². The number of nitrogens with two attached hydrogens (primary N) is 1. The fourth-order valence-corrected chi connectivity index (χ4v) is 3.78. The van der Waals surface area contributed by atoms with Crippen molar-refractivity contribution in [3.8, 4) is 0 Å². The van der Waals surface area contributed by atoms with E-state index in [-0.39, 0.29) is 10.9 Å². The van der Waals surface area contributed by atoms with Gasteiger partial charge in [0.05, 0.1) is 6.20 Å². The monoisotopic (exact) mass is 315 g/mol. The Morgan fingerprint density at radius 2 is 2.29 bits per heavy atom. The lowest BCUT2D eigenvalue weighted by atomic mass is 10.0. The topological polar surface area (TPSA) is 93.2 Å². The van der Waals surface area contributed by atoms with Crippen LogP contribution in [0, 0.1) is 0 Å². The highest BCUT2D eigenvalue weighted by atomic mass is 32.2. The van der Waals surface area contributed by atoms with E-state index < -0.39 is 10.0 Å². The van der Waals surface area contributed by atoms with Gasteiger partial charge in [-0.15, -0.1) is 0 Å². The summed E-state index contributed by atoms with van der Waals surface area (Å²) in [5.74, 6) is 0. The van der Waals surface area contributed by atoms with Gasteiger partial charge in [0, 0.05) is 24.8 Å². The lowest BCUT2D eigenvalue weighted by molar-refractivity contribution is 0.178. The minimum Gasteiger partial charge on any atom is -0.330 e. The van der Waals surface area contributed by atoms with Gasteiger partial charge in [-0.3, -0.25) is 4.68 Å². The number of rotatable bonds is 6. The van der Waals surface area contributed by atoms with Crippen molar-refractivity contribution < 1.29 is 8.42 Å². The van der Waals surface area contributed by atoms with Gasteiger partial charge in [-0.05, 0) is 46.3 Å². The highest BCUT2D eigenvalue weighted by Crippen LogP contribution is 2.18. The molecule has 7 nitrogen and oxygen atoms in total. The van der Waals surface area contributed by atoms with Crippen LogP contribution >= 0.6 is 0 Å². The van der Waals surface area contributed by atoms with E-state index in [9.17, 15) is 8.42 Å². The molecule has 1 aromatic rings. The number of aromatic nitrogens is 2. The molecule has 1 aliphatic heterocycles. The van der Waals surface area contributed by atoms with Crippen LogP contribution < -0.4 is 10.5 Å². The molecule has 0 saturated carbocycles. The van der Waals surface area contributed by atoms with E-state index in [1.54, 1.807) is 10.9 Å². The summed E-state index contributed by atoms with van der Waals surface area (Å²) < 4.78 is 29.2. The molecule has 2 rings (SSSR count). The molecule has 3 N–H and O–H groups in total. The number of sulfonamides is 1. The maximum atomic E-state index is 12.4. The first-order chi connectivity index (χ1) is 9.92. The van der Waals surface area contributed by atoms with Crippen LogP contribution in [0.25, 0.3) is 0 Å². The second kappa shape index (κ2) is 6.87. The Morgan fingerprint density at radius 1 is 1.52 bits per heavy atom. The molecule has 0 bridgehead atoms. The van der Waals surface area contributed by atoms with Crippen molar-refractivity contribution in [2.24, 2.45) is 5.73 Å². The molecule has 2 atom stereocenters. The molecule has 0 radical (unpaired) electrons. The molecular formula is C13H25N5O2S. The zero-order chi connectivity index (χ0) is 15.5. The molecule has 120 valence electrons. The van der Waals surface area contributed by atoms with Gasteiger partial charge in [-0.1, -0.05) is 0 Å². The maximum absolute atomic E-state index is 12.4. The van der Waals surface area contributed by atoms with Crippen molar-refractivity contribution in [3.05, 3.63) is 12.4 Å². The van der Waals surface area contributed by atoms with E-state index in [0.717, 1.165) is 25.8 Å². The number of nitrogens with zero attached hydrogens (tertiary/aromatic N) is 3. The number of hydrogen-bond acceptors (Lipinski definition) is 5. The van der Waals surface area contributed by atoms with Crippen molar-refractivity contribution in [1.29, 1.82) is 0 Å². The number of hydrogen-bond donors (Lipinski definition) is 2. The zero-order valence-corrected chi connectivity index (χ0v) is 13.5. The van der Waals surface area contributed by atoms with Crippen molar-refractivity contribution in [1.82, 2.24) is 19.4 Å².